The summed E-state index contributed by atoms with van der Waals surface area (Å²) in [6.45, 7) is 1.97. The van der Waals surface area contributed by atoms with E-state index in [1.165, 1.54) is 6.42 Å². The maximum absolute atomic E-state index is 12.7. The summed E-state index contributed by atoms with van der Waals surface area (Å²) in [5.74, 6) is -2.07. The Morgan fingerprint density at radius 3 is 2.45 bits per heavy atom. The first-order valence-electron chi connectivity index (χ1n) is 8.26. The van der Waals surface area contributed by atoms with Gasteiger partial charge in [0.1, 0.15) is 6.10 Å². The maximum atomic E-state index is 12.7. The van der Waals surface area contributed by atoms with Gasteiger partial charge in [0, 0.05) is 13.0 Å². The molecule has 3 rings (SSSR count). The molecule has 4 heteroatoms. The molecule has 0 bridgehead atoms. The Balaban J connectivity index is 1.92. The van der Waals surface area contributed by atoms with Crippen molar-refractivity contribution in [3.63, 3.8) is 0 Å². The Morgan fingerprint density at radius 1 is 1.18 bits per heavy atom. The number of benzene rings is 1. The first-order chi connectivity index (χ1) is 10.5. The average molecular weight is 303 g/mol. The van der Waals surface area contributed by atoms with Crippen molar-refractivity contribution in [2.45, 2.75) is 57.0 Å². The molecular formula is C18H25NO3. The molecule has 0 spiro atoms. The van der Waals surface area contributed by atoms with Gasteiger partial charge in [0.2, 0.25) is 0 Å². The van der Waals surface area contributed by atoms with Gasteiger partial charge >= 0.3 is 0 Å². The molecule has 4 nitrogen and oxygen atoms in total. The number of hydrogen-bond acceptors (Lipinski definition) is 3. The second-order valence-corrected chi connectivity index (χ2v) is 6.64. The number of morpholine rings is 1. The number of nitrogens with zero attached hydrogens (tertiary/aromatic N) is 1. The number of rotatable bonds is 2. The standard InChI is InChI=1S/C18H25NO3/c1-13-16(14-9-5-3-6-10-14)22-18(21,17(20)19(13)2)15-11-7-4-8-12-15/h3,5-6,9-10,13,15-16,21H,4,7-8,11-12H2,1-2H3/t13-,16-,18?/m0/s1. The third-order valence-corrected chi connectivity index (χ3v) is 5.27. The van der Waals surface area contributed by atoms with Gasteiger partial charge in [-0.15, -0.1) is 0 Å². The molecule has 0 aromatic heterocycles. The number of carbonyl (C=O) groups is 1. The summed E-state index contributed by atoms with van der Waals surface area (Å²) in [5, 5.41) is 11.1. The van der Waals surface area contributed by atoms with Crippen molar-refractivity contribution in [1.29, 1.82) is 0 Å². The zero-order valence-corrected chi connectivity index (χ0v) is 13.4. The van der Waals surface area contributed by atoms with Gasteiger partial charge in [0.05, 0.1) is 6.04 Å². The van der Waals surface area contributed by atoms with Crippen LogP contribution in [0.3, 0.4) is 0 Å². The van der Waals surface area contributed by atoms with Crippen LogP contribution in [0.5, 0.6) is 0 Å². The monoisotopic (exact) mass is 303 g/mol. The summed E-state index contributed by atoms with van der Waals surface area (Å²) < 4.78 is 6.06. The van der Waals surface area contributed by atoms with Gasteiger partial charge in [0.25, 0.3) is 11.7 Å². The highest BCUT2D eigenvalue weighted by Gasteiger charge is 2.54. The lowest BCUT2D eigenvalue weighted by atomic mass is 9.81. The number of amides is 1. The SMILES string of the molecule is C[C@H]1[C@@H](c2ccccc2)OC(O)(C2CCCCC2)C(=O)N1C. The minimum absolute atomic E-state index is 0.0984. The second-order valence-electron chi connectivity index (χ2n) is 6.64. The van der Waals surface area contributed by atoms with E-state index in [4.69, 9.17) is 4.74 Å². The van der Waals surface area contributed by atoms with Crippen molar-refractivity contribution in [2.75, 3.05) is 7.05 Å². The number of carbonyl (C=O) groups excluding carboxylic acids is 1. The Kier molecular flexibility index (Phi) is 4.24. The maximum Gasteiger partial charge on any atom is 0.283 e. The molecule has 1 aliphatic carbocycles. The van der Waals surface area contributed by atoms with Crippen LogP contribution in [-0.2, 0) is 9.53 Å². The summed E-state index contributed by atoms with van der Waals surface area (Å²) in [5.41, 5.74) is 1.00. The van der Waals surface area contributed by atoms with Crippen molar-refractivity contribution in [3.8, 4) is 0 Å². The fourth-order valence-electron chi connectivity index (χ4n) is 3.74. The van der Waals surface area contributed by atoms with E-state index >= 15 is 0 Å². The lowest BCUT2D eigenvalue weighted by Gasteiger charge is -2.48. The normalized spacial score (nSPS) is 34.0. The van der Waals surface area contributed by atoms with Crippen LogP contribution in [0.1, 0.15) is 50.7 Å². The molecule has 0 radical (unpaired) electrons. The molecule has 22 heavy (non-hydrogen) atoms. The van der Waals surface area contributed by atoms with Gasteiger partial charge in [-0.05, 0) is 25.3 Å². The largest absolute Gasteiger partial charge is 0.358 e. The van der Waals surface area contributed by atoms with Gasteiger partial charge in [-0.1, -0.05) is 49.6 Å². The summed E-state index contributed by atoms with van der Waals surface area (Å²) in [6.07, 6.45) is 4.70. The summed E-state index contributed by atoms with van der Waals surface area (Å²) >= 11 is 0. The quantitative estimate of drug-likeness (QED) is 0.914. The van der Waals surface area contributed by atoms with E-state index in [0.29, 0.717) is 0 Å². The van der Waals surface area contributed by atoms with E-state index in [0.717, 1.165) is 31.2 Å². The molecule has 1 unspecified atom stereocenters. The molecule has 120 valence electrons. The average Bonchev–Trinajstić information content (AvgIpc) is 2.58. The highest BCUT2D eigenvalue weighted by atomic mass is 16.6. The second kappa shape index (κ2) is 6.01. The van der Waals surface area contributed by atoms with Crippen LogP contribution < -0.4 is 0 Å². The topological polar surface area (TPSA) is 49.8 Å². The van der Waals surface area contributed by atoms with Crippen molar-refractivity contribution in [3.05, 3.63) is 35.9 Å². The molecule has 1 aliphatic heterocycles. The van der Waals surface area contributed by atoms with E-state index in [2.05, 4.69) is 0 Å². The molecule has 2 fully saturated rings. The van der Waals surface area contributed by atoms with Crippen LogP contribution in [0.15, 0.2) is 30.3 Å². The first-order valence-corrected chi connectivity index (χ1v) is 8.26. The van der Waals surface area contributed by atoms with Crippen LogP contribution in [-0.4, -0.2) is 34.8 Å². The molecule has 1 aromatic rings. The minimum atomic E-state index is -1.68. The fourth-order valence-corrected chi connectivity index (χ4v) is 3.74. The molecular weight excluding hydrogens is 278 g/mol. The van der Waals surface area contributed by atoms with E-state index in [1.54, 1.807) is 11.9 Å². The molecule has 1 heterocycles. The molecule has 1 aromatic carbocycles. The van der Waals surface area contributed by atoms with Crippen molar-refractivity contribution < 1.29 is 14.6 Å². The van der Waals surface area contributed by atoms with Gasteiger partial charge in [-0.25, -0.2) is 0 Å². The number of ether oxygens (including phenoxy) is 1. The molecule has 1 amide bonds. The van der Waals surface area contributed by atoms with Crippen LogP contribution in [0.4, 0.5) is 0 Å². The molecule has 2 aliphatic rings. The van der Waals surface area contributed by atoms with Gasteiger partial charge in [0.15, 0.2) is 0 Å². The first kappa shape index (κ1) is 15.5. The van der Waals surface area contributed by atoms with Crippen molar-refractivity contribution in [2.24, 2.45) is 5.92 Å². The van der Waals surface area contributed by atoms with Crippen LogP contribution in [0.2, 0.25) is 0 Å². The van der Waals surface area contributed by atoms with Crippen LogP contribution >= 0.6 is 0 Å². The van der Waals surface area contributed by atoms with Gasteiger partial charge in [-0.2, -0.15) is 0 Å². The van der Waals surface area contributed by atoms with Crippen molar-refractivity contribution >= 4 is 5.91 Å². The zero-order chi connectivity index (χ0) is 15.7. The van der Waals surface area contributed by atoms with E-state index in [1.807, 2.05) is 37.3 Å². The third kappa shape index (κ3) is 2.55. The number of hydrogen-bond donors (Lipinski definition) is 1. The number of aliphatic hydroxyl groups is 1. The lowest BCUT2D eigenvalue weighted by molar-refractivity contribution is -0.287. The molecule has 1 saturated carbocycles. The zero-order valence-electron chi connectivity index (χ0n) is 13.4. The fraction of sp³-hybridized carbons (Fsp3) is 0.611. The highest BCUT2D eigenvalue weighted by Crippen LogP contribution is 2.42. The minimum Gasteiger partial charge on any atom is -0.358 e. The highest BCUT2D eigenvalue weighted by molar-refractivity contribution is 5.84. The van der Waals surface area contributed by atoms with Crippen molar-refractivity contribution in [1.82, 2.24) is 4.90 Å². The molecule has 1 N–H and O–H groups in total. The lowest BCUT2D eigenvalue weighted by Crippen LogP contribution is -2.63. The smallest absolute Gasteiger partial charge is 0.283 e. The van der Waals surface area contributed by atoms with E-state index in [-0.39, 0.29) is 24.0 Å². The third-order valence-electron chi connectivity index (χ3n) is 5.27. The van der Waals surface area contributed by atoms with E-state index in [9.17, 15) is 9.90 Å². The van der Waals surface area contributed by atoms with Gasteiger partial charge < -0.3 is 14.7 Å². The Labute approximate surface area is 132 Å². The van der Waals surface area contributed by atoms with E-state index < -0.39 is 5.79 Å². The van der Waals surface area contributed by atoms with Crippen LogP contribution in [0, 0.1) is 5.92 Å². The molecule has 3 atom stereocenters. The van der Waals surface area contributed by atoms with Gasteiger partial charge in [-0.3, -0.25) is 4.79 Å². The summed E-state index contributed by atoms with van der Waals surface area (Å²) in [7, 11) is 1.76. The predicted molar refractivity (Wildman–Crippen MR) is 84.0 cm³/mol. The number of likely N-dealkylation sites (N-methyl/N-ethyl adjacent to an activating group) is 1. The Morgan fingerprint density at radius 2 is 1.82 bits per heavy atom. The summed E-state index contributed by atoms with van der Waals surface area (Å²) in [6, 6.07) is 9.76. The summed E-state index contributed by atoms with van der Waals surface area (Å²) in [4.78, 5) is 14.3. The Bertz CT molecular complexity index is 526. The molecule has 1 saturated heterocycles. The Hall–Kier alpha value is -1.39. The van der Waals surface area contributed by atoms with Crippen LogP contribution in [0.25, 0.3) is 0 Å². The predicted octanol–water partition coefficient (Wildman–Crippen LogP) is 2.87.